The summed E-state index contributed by atoms with van der Waals surface area (Å²) in [5, 5.41) is 0.519. The van der Waals surface area contributed by atoms with Crippen LogP contribution in [0.15, 0.2) is 57.9 Å². The largest absolute Gasteiger partial charge is 0.467 e. The van der Waals surface area contributed by atoms with Crippen molar-refractivity contribution in [3.05, 3.63) is 74.7 Å². The van der Waals surface area contributed by atoms with Crippen LogP contribution in [0.1, 0.15) is 23.7 Å². The van der Waals surface area contributed by atoms with Crippen LogP contribution in [0.3, 0.4) is 0 Å². The van der Waals surface area contributed by atoms with Gasteiger partial charge in [0.2, 0.25) is 0 Å². The van der Waals surface area contributed by atoms with Crippen molar-refractivity contribution in [2.24, 2.45) is 0 Å². The first-order valence-corrected chi connectivity index (χ1v) is 11.6. The number of imide groups is 1. The van der Waals surface area contributed by atoms with E-state index in [1.54, 1.807) is 6.08 Å². The van der Waals surface area contributed by atoms with Crippen LogP contribution in [-0.4, -0.2) is 39.7 Å². The average Bonchev–Trinajstić information content (AvgIpc) is 3.22. The molecule has 0 unspecified atom stereocenters. The van der Waals surface area contributed by atoms with Crippen molar-refractivity contribution in [3.8, 4) is 0 Å². The van der Waals surface area contributed by atoms with E-state index >= 15 is 0 Å². The Morgan fingerprint density at radius 1 is 1.16 bits per heavy atom. The number of aromatic nitrogens is 1. The van der Waals surface area contributed by atoms with Crippen molar-refractivity contribution in [1.82, 2.24) is 9.47 Å². The number of amides is 2. The number of thioether (sulfide) groups is 1. The second-order valence-corrected chi connectivity index (χ2v) is 9.39. The van der Waals surface area contributed by atoms with Crippen molar-refractivity contribution in [3.63, 3.8) is 0 Å². The number of methoxy groups -OCH3 is 1. The molecule has 0 spiro atoms. The molecule has 0 radical (unpaired) electrons. The predicted molar refractivity (Wildman–Crippen MR) is 129 cm³/mol. The summed E-state index contributed by atoms with van der Waals surface area (Å²) in [5.41, 5.74) is 4.06. The van der Waals surface area contributed by atoms with E-state index in [-0.39, 0.29) is 0 Å². The highest BCUT2D eigenvalue weighted by Gasteiger charge is 2.41. The van der Waals surface area contributed by atoms with Crippen molar-refractivity contribution in [1.29, 1.82) is 0 Å². The van der Waals surface area contributed by atoms with E-state index in [1.807, 2.05) is 43.3 Å². The maximum atomic E-state index is 13.0. The lowest BCUT2D eigenvalue weighted by Crippen LogP contribution is -2.42. The molecule has 1 aromatic heterocycles. The Labute approximate surface area is 198 Å². The SMILES string of the molecule is COC(=O)[C@H](C)N1C(=O)S/C(=C/c2c(C)n(Cc3ccc(Br)cc3)c3ccccc23)C1=O. The lowest BCUT2D eigenvalue weighted by Gasteiger charge is -2.18. The van der Waals surface area contributed by atoms with Gasteiger partial charge in [0.1, 0.15) is 6.04 Å². The van der Waals surface area contributed by atoms with Gasteiger partial charge in [-0.05, 0) is 55.4 Å². The Morgan fingerprint density at radius 2 is 1.84 bits per heavy atom. The fraction of sp³-hybridized carbons (Fsp3) is 0.208. The first kappa shape index (κ1) is 22.4. The van der Waals surface area contributed by atoms with E-state index in [4.69, 9.17) is 4.74 Å². The highest BCUT2D eigenvalue weighted by molar-refractivity contribution is 9.10. The molecule has 2 aromatic carbocycles. The van der Waals surface area contributed by atoms with E-state index in [9.17, 15) is 14.4 Å². The zero-order valence-corrected chi connectivity index (χ0v) is 20.2. The minimum Gasteiger partial charge on any atom is -0.467 e. The zero-order valence-electron chi connectivity index (χ0n) is 17.8. The first-order valence-electron chi connectivity index (χ1n) is 9.99. The number of fused-ring (bicyclic) bond motifs is 1. The fourth-order valence-corrected chi connectivity index (χ4v) is 4.99. The van der Waals surface area contributed by atoms with Crippen LogP contribution in [0.5, 0.6) is 0 Å². The molecule has 8 heteroatoms. The van der Waals surface area contributed by atoms with Gasteiger partial charge in [0.05, 0.1) is 12.0 Å². The number of benzene rings is 2. The second-order valence-electron chi connectivity index (χ2n) is 7.48. The molecule has 1 atom stereocenters. The third kappa shape index (κ3) is 4.00. The minimum atomic E-state index is -0.974. The second kappa shape index (κ2) is 8.96. The lowest BCUT2D eigenvalue weighted by molar-refractivity contribution is -0.148. The number of ether oxygens (including phenoxy) is 1. The van der Waals surface area contributed by atoms with Gasteiger partial charge < -0.3 is 9.30 Å². The van der Waals surface area contributed by atoms with Crippen LogP contribution in [0.4, 0.5) is 4.79 Å². The number of rotatable bonds is 5. The number of hydrogen-bond donors (Lipinski definition) is 0. The number of para-hydroxylation sites is 1. The van der Waals surface area contributed by atoms with Crippen LogP contribution in [0.25, 0.3) is 17.0 Å². The molecule has 4 rings (SSSR count). The molecule has 1 aliphatic heterocycles. The Bertz CT molecular complexity index is 1260. The van der Waals surface area contributed by atoms with Gasteiger partial charge in [0, 0.05) is 33.2 Å². The maximum Gasteiger partial charge on any atom is 0.328 e. The lowest BCUT2D eigenvalue weighted by atomic mass is 10.1. The summed E-state index contributed by atoms with van der Waals surface area (Å²) >= 11 is 4.31. The molecule has 1 aliphatic rings. The van der Waals surface area contributed by atoms with Gasteiger partial charge in [-0.1, -0.05) is 46.3 Å². The number of carbonyl (C=O) groups is 3. The van der Waals surface area contributed by atoms with Gasteiger partial charge in [-0.3, -0.25) is 14.5 Å². The number of hydrogen-bond acceptors (Lipinski definition) is 5. The molecule has 6 nitrogen and oxygen atoms in total. The summed E-state index contributed by atoms with van der Waals surface area (Å²) in [6.45, 7) is 4.17. The summed E-state index contributed by atoms with van der Waals surface area (Å²) in [6.07, 6.45) is 1.75. The smallest absolute Gasteiger partial charge is 0.328 e. The molecule has 0 saturated carbocycles. The Hall–Kier alpha value is -2.84. The monoisotopic (exact) mass is 512 g/mol. The molecule has 164 valence electrons. The number of esters is 1. The van der Waals surface area contributed by atoms with E-state index in [1.165, 1.54) is 14.0 Å². The molecule has 1 saturated heterocycles. The van der Waals surface area contributed by atoms with Crippen molar-refractivity contribution < 1.29 is 19.1 Å². The molecule has 0 aliphatic carbocycles. The summed E-state index contributed by atoms with van der Waals surface area (Å²) < 4.78 is 7.92. The van der Waals surface area contributed by atoms with Crippen molar-refractivity contribution in [2.75, 3.05) is 7.11 Å². The van der Waals surface area contributed by atoms with Gasteiger partial charge in [-0.2, -0.15) is 0 Å². The van der Waals surface area contributed by atoms with Gasteiger partial charge in [-0.15, -0.1) is 0 Å². The zero-order chi connectivity index (χ0) is 23.0. The van der Waals surface area contributed by atoms with Crippen LogP contribution in [0.2, 0.25) is 0 Å². The van der Waals surface area contributed by atoms with Crippen LogP contribution in [0, 0.1) is 6.92 Å². The third-order valence-corrected chi connectivity index (χ3v) is 6.97. The normalized spacial score (nSPS) is 16.2. The molecule has 2 amide bonds. The van der Waals surface area contributed by atoms with Crippen molar-refractivity contribution in [2.45, 2.75) is 26.4 Å². The summed E-state index contributed by atoms with van der Waals surface area (Å²) in [5.74, 6) is -1.11. The summed E-state index contributed by atoms with van der Waals surface area (Å²) in [7, 11) is 1.23. The standard InChI is InChI=1S/C24H21BrN2O4S/c1-14-19(12-21-22(28)27(24(30)32-21)15(2)23(29)31-3)18-6-4-5-7-20(18)26(14)13-16-8-10-17(25)11-9-16/h4-12,15H,13H2,1-3H3/b21-12+/t15-/m0/s1. The van der Waals surface area contributed by atoms with E-state index in [0.717, 1.165) is 48.9 Å². The van der Waals surface area contributed by atoms with Crippen LogP contribution < -0.4 is 0 Å². The van der Waals surface area contributed by atoms with E-state index < -0.39 is 23.2 Å². The quantitative estimate of drug-likeness (QED) is 0.340. The fourth-order valence-electron chi connectivity index (χ4n) is 3.84. The number of halogens is 1. The van der Waals surface area contributed by atoms with Crippen LogP contribution >= 0.6 is 27.7 Å². The van der Waals surface area contributed by atoms with Gasteiger partial charge in [0.15, 0.2) is 0 Å². The van der Waals surface area contributed by atoms with Gasteiger partial charge >= 0.3 is 5.97 Å². The molecule has 0 N–H and O–H groups in total. The average molecular weight is 513 g/mol. The molecular formula is C24H21BrN2O4S. The third-order valence-electron chi connectivity index (χ3n) is 5.56. The Balaban J connectivity index is 1.75. The van der Waals surface area contributed by atoms with Gasteiger partial charge in [0.25, 0.3) is 11.1 Å². The number of carbonyl (C=O) groups excluding carboxylic acids is 3. The Morgan fingerprint density at radius 3 is 2.53 bits per heavy atom. The summed E-state index contributed by atoms with van der Waals surface area (Å²) in [6, 6.07) is 15.2. The van der Waals surface area contributed by atoms with Crippen molar-refractivity contribution >= 4 is 61.8 Å². The Kier molecular flexibility index (Phi) is 6.26. The predicted octanol–water partition coefficient (Wildman–Crippen LogP) is 5.36. The topological polar surface area (TPSA) is 68.6 Å². The van der Waals surface area contributed by atoms with Crippen LogP contribution in [-0.2, 0) is 20.9 Å². The van der Waals surface area contributed by atoms with E-state index in [2.05, 4.69) is 32.6 Å². The number of nitrogens with zero attached hydrogens (tertiary/aromatic N) is 2. The highest BCUT2D eigenvalue weighted by Crippen LogP contribution is 2.36. The molecule has 3 aromatic rings. The molecular weight excluding hydrogens is 492 g/mol. The molecule has 1 fully saturated rings. The molecule has 2 heterocycles. The maximum absolute atomic E-state index is 13.0. The highest BCUT2D eigenvalue weighted by atomic mass is 79.9. The van der Waals surface area contributed by atoms with E-state index in [0.29, 0.717) is 11.4 Å². The van der Waals surface area contributed by atoms with Gasteiger partial charge in [-0.25, -0.2) is 4.79 Å². The molecule has 0 bridgehead atoms. The molecule has 32 heavy (non-hydrogen) atoms. The summed E-state index contributed by atoms with van der Waals surface area (Å²) in [4.78, 5) is 38.6. The first-order chi connectivity index (χ1) is 15.3. The minimum absolute atomic E-state index is 0.292.